The van der Waals surface area contributed by atoms with Crippen molar-refractivity contribution in [2.45, 2.75) is 13.2 Å². The molecule has 3 nitrogen and oxygen atoms in total. The molecule has 1 N–H and O–H groups in total. The van der Waals surface area contributed by atoms with Crippen LogP contribution < -0.4 is 14.8 Å². The first kappa shape index (κ1) is 19.7. The Bertz CT molecular complexity index is 931. The fourth-order valence-corrected chi connectivity index (χ4v) is 3.25. The number of ether oxygens (including phenoxy) is 2. The fourth-order valence-electron chi connectivity index (χ4n) is 2.53. The SMILES string of the molecule is COc1ccc(NCc2cccc(OCc3ccc(Cl)cc3Cl)c2)cc1Cl. The molecule has 27 heavy (non-hydrogen) atoms. The summed E-state index contributed by atoms with van der Waals surface area (Å²) in [4.78, 5) is 0. The molecule has 0 bridgehead atoms. The maximum absolute atomic E-state index is 6.18. The molecule has 6 heteroatoms. The van der Waals surface area contributed by atoms with Gasteiger partial charge in [0.1, 0.15) is 18.1 Å². The summed E-state index contributed by atoms with van der Waals surface area (Å²) in [7, 11) is 1.59. The van der Waals surface area contributed by atoms with Crippen molar-refractivity contribution in [1.29, 1.82) is 0 Å². The number of benzene rings is 3. The van der Waals surface area contributed by atoms with Crippen LogP contribution in [0, 0.1) is 0 Å². The minimum absolute atomic E-state index is 0.376. The van der Waals surface area contributed by atoms with Crippen molar-refractivity contribution in [3.8, 4) is 11.5 Å². The van der Waals surface area contributed by atoms with Gasteiger partial charge in [0.25, 0.3) is 0 Å². The summed E-state index contributed by atoms with van der Waals surface area (Å²) in [5.41, 5.74) is 2.89. The van der Waals surface area contributed by atoms with E-state index in [0.717, 1.165) is 22.6 Å². The number of rotatable bonds is 7. The van der Waals surface area contributed by atoms with Crippen molar-refractivity contribution in [2.24, 2.45) is 0 Å². The van der Waals surface area contributed by atoms with E-state index in [4.69, 9.17) is 44.3 Å². The number of nitrogens with one attached hydrogen (secondary N) is 1. The van der Waals surface area contributed by atoms with Crippen LogP contribution in [-0.2, 0) is 13.2 Å². The van der Waals surface area contributed by atoms with Crippen LogP contribution in [0.25, 0.3) is 0 Å². The second-order valence-electron chi connectivity index (χ2n) is 5.87. The summed E-state index contributed by atoms with van der Waals surface area (Å²) in [5.74, 6) is 1.42. The molecule has 0 radical (unpaired) electrons. The fraction of sp³-hybridized carbons (Fsp3) is 0.143. The molecule has 0 aliphatic carbocycles. The van der Waals surface area contributed by atoms with Crippen LogP contribution in [0.3, 0.4) is 0 Å². The second-order valence-corrected chi connectivity index (χ2v) is 7.13. The number of hydrogen-bond donors (Lipinski definition) is 1. The standard InChI is InChI=1S/C21H18Cl3NO2/c1-26-21-8-7-17(11-20(21)24)25-12-14-3-2-4-18(9-14)27-13-15-5-6-16(22)10-19(15)23/h2-11,25H,12-13H2,1H3. The molecular formula is C21H18Cl3NO2. The van der Waals surface area contributed by atoms with Gasteiger partial charge in [-0.2, -0.15) is 0 Å². The summed E-state index contributed by atoms with van der Waals surface area (Å²) in [6, 6.07) is 18.9. The van der Waals surface area contributed by atoms with Gasteiger partial charge in [-0.15, -0.1) is 0 Å². The highest BCUT2D eigenvalue weighted by molar-refractivity contribution is 6.35. The van der Waals surface area contributed by atoms with Crippen molar-refractivity contribution in [3.05, 3.63) is 86.9 Å². The Morgan fingerprint density at radius 1 is 0.889 bits per heavy atom. The number of methoxy groups -OCH3 is 1. The summed E-state index contributed by atoms with van der Waals surface area (Å²) >= 11 is 18.3. The lowest BCUT2D eigenvalue weighted by atomic mass is 10.2. The molecule has 0 fully saturated rings. The smallest absolute Gasteiger partial charge is 0.137 e. The molecule has 0 atom stereocenters. The Hall–Kier alpha value is -2.07. The minimum Gasteiger partial charge on any atom is -0.495 e. The van der Waals surface area contributed by atoms with Gasteiger partial charge in [-0.05, 0) is 48.0 Å². The predicted molar refractivity (Wildman–Crippen MR) is 113 cm³/mol. The molecule has 0 heterocycles. The molecule has 0 unspecified atom stereocenters. The normalized spacial score (nSPS) is 10.5. The van der Waals surface area contributed by atoms with Crippen molar-refractivity contribution >= 4 is 40.5 Å². The van der Waals surface area contributed by atoms with E-state index >= 15 is 0 Å². The molecule has 0 saturated carbocycles. The molecular weight excluding hydrogens is 405 g/mol. The molecule has 140 valence electrons. The zero-order valence-electron chi connectivity index (χ0n) is 14.6. The highest BCUT2D eigenvalue weighted by Crippen LogP contribution is 2.28. The van der Waals surface area contributed by atoms with E-state index in [1.54, 1.807) is 19.2 Å². The van der Waals surface area contributed by atoms with Crippen LogP contribution >= 0.6 is 34.8 Å². The first-order chi connectivity index (χ1) is 13.0. The minimum atomic E-state index is 0.376. The van der Waals surface area contributed by atoms with Gasteiger partial charge >= 0.3 is 0 Å². The van der Waals surface area contributed by atoms with Gasteiger partial charge in [0, 0.05) is 27.8 Å². The Morgan fingerprint density at radius 2 is 1.74 bits per heavy atom. The van der Waals surface area contributed by atoms with Crippen LogP contribution in [0.1, 0.15) is 11.1 Å². The molecule has 0 aromatic heterocycles. The van der Waals surface area contributed by atoms with Gasteiger partial charge in [-0.1, -0.05) is 53.0 Å². The summed E-state index contributed by atoms with van der Waals surface area (Å²) in [6.07, 6.45) is 0. The maximum Gasteiger partial charge on any atom is 0.137 e. The number of halogens is 3. The van der Waals surface area contributed by atoms with E-state index in [2.05, 4.69) is 5.32 Å². The summed E-state index contributed by atoms with van der Waals surface area (Å²) in [6.45, 7) is 1.02. The Balaban J connectivity index is 1.61. The number of anilines is 1. The molecule has 0 spiro atoms. The van der Waals surface area contributed by atoms with E-state index in [1.165, 1.54) is 0 Å². The molecule has 3 aromatic carbocycles. The first-order valence-electron chi connectivity index (χ1n) is 8.28. The summed E-state index contributed by atoms with van der Waals surface area (Å²) < 4.78 is 11.0. The highest BCUT2D eigenvalue weighted by Gasteiger charge is 2.05. The van der Waals surface area contributed by atoms with E-state index < -0.39 is 0 Å². The number of hydrogen-bond acceptors (Lipinski definition) is 3. The van der Waals surface area contributed by atoms with E-state index in [0.29, 0.717) is 34.0 Å². The Kier molecular flexibility index (Phi) is 6.73. The van der Waals surface area contributed by atoms with E-state index in [9.17, 15) is 0 Å². The largest absolute Gasteiger partial charge is 0.495 e. The Labute approximate surface area is 173 Å². The zero-order chi connectivity index (χ0) is 19.2. The van der Waals surface area contributed by atoms with Crippen LogP contribution in [0.4, 0.5) is 5.69 Å². The third kappa shape index (κ3) is 5.46. The zero-order valence-corrected chi connectivity index (χ0v) is 16.9. The van der Waals surface area contributed by atoms with Gasteiger partial charge < -0.3 is 14.8 Å². The quantitative estimate of drug-likeness (QED) is 0.452. The van der Waals surface area contributed by atoms with Crippen LogP contribution in [-0.4, -0.2) is 7.11 Å². The first-order valence-corrected chi connectivity index (χ1v) is 9.41. The average molecular weight is 423 g/mol. The van der Waals surface area contributed by atoms with Crippen molar-refractivity contribution in [3.63, 3.8) is 0 Å². The van der Waals surface area contributed by atoms with Crippen LogP contribution in [0.15, 0.2) is 60.7 Å². The molecule has 0 saturated heterocycles. The van der Waals surface area contributed by atoms with E-state index in [-0.39, 0.29) is 0 Å². The molecule has 0 aliphatic heterocycles. The lowest BCUT2D eigenvalue weighted by molar-refractivity contribution is 0.306. The van der Waals surface area contributed by atoms with Gasteiger partial charge in [0.15, 0.2) is 0 Å². The Morgan fingerprint density at radius 3 is 2.48 bits per heavy atom. The third-order valence-corrected chi connectivity index (χ3v) is 4.84. The lowest BCUT2D eigenvalue weighted by Gasteiger charge is -2.11. The van der Waals surface area contributed by atoms with Crippen molar-refractivity contribution in [1.82, 2.24) is 0 Å². The molecule has 0 amide bonds. The predicted octanol–water partition coefficient (Wildman–Crippen LogP) is 6.85. The second kappa shape index (κ2) is 9.23. The lowest BCUT2D eigenvalue weighted by Crippen LogP contribution is -2.01. The van der Waals surface area contributed by atoms with Gasteiger partial charge in [0.2, 0.25) is 0 Å². The molecule has 0 aliphatic rings. The van der Waals surface area contributed by atoms with Crippen LogP contribution in [0.2, 0.25) is 15.1 Å². The van der Waals surface area contributed by atoms with Crippen molar-refractivity contribution in [2.75, 3.05) is 12.4 Å². The molecule has 3 rings (SSSR count). The van der Waals surface area contributed by atoms with E-state index in [1.807, 2.05) is 48.5 Å². The van der Waals surface area contributed by atoms with Gasteiger partial charge in [0.05, 0.1) is 12.1 Å². The van der Waals surface area contributed by atoms with Gasteiger partial charge in [-0.25, -0.2) is 0 Å². The molecule has 3 aromatic rings. The summed E-state index contributed by atoms with van der Waals surface area (Å²) in [5, 5.41) is 5.11. The topological polar surface area (TPSA) is 30.5 Å². The monoisotopic (exact) mass is 421 g/mol. The third-order valence-electron chi connectivity index (χ3n) is 3.96. The highest BCUT2D eigenvalue weighted by atomic mass is 35.5. The van der Waals surface area contributed by atoms with Crippen molar-refractivity contribution < 1.29 is 9.47 Å². The van der Waals surface area contributed by atoms with Gasteiger partial charge in [-0.3, -0.25) is 0 Å². The average Bonchev–Trinajstić information content (AvgIpc) is 2.66. The van der Waals surface area contributed by atoms with Crippen LogP contribution in [0.5, 0.6) is 11.5 Å². The maximum atomic E-state index is 6.18.